The number of hydrogen-bond donors (Lipinski definition) is 1. The van der Waals surface area contributed by atoms with Crippen molar-refractivity contribution in [2.24, 2.45) is 0 Å². The average molecular weight is 376 g/mol. The molecule has 0 fully saturated rings. The van der Waals surface area contributed by atoms with E-state index in [1.54, 1.807) is 23.9 Å². The van der Waals surface area contributed by atoms with Gasteiger partial charge in [0.25, 0.3) is 0 Å². The van der Waals surface area contributed by atoms with Crippen LogP contribution in [0.1, 0.15) is 18.0 Å². The third-order valence-electron chi connectivity index (χ3n) is 3.51. The minimum atomic E-state index is -3.96. The number of hydrogen-bond acceptors (Lipinski definition) is 3. The zero-order valence-electron chi connectivity index (χ0n) is 11.7. The molecule has 8 heteroatoms. The number of benzene rings is 2. The molecule has 0 saturated heterocycles. The summed E-state index contributed by atoms with van der Waals surface area (Å²) in [4.78, 5) is 0.650. The highest BCUT2D eigenvalue weighted by Gasteiger charge is 2.27. The third-order valence-corrected chi connectivity index (χ3v) is 6.34. The summed E-state index contributed by atoms with van der Waals surface area (Å²) in [5.41, 5.74) is 0.792. The van der Waals surface area contributed by atoms with Gasteiger partial charge < -0.3 is 0 Å². The highest BCUT2D eigenvalue weighted by molar-refractivity contribution is 7.99. The molecule has 2 aromatic carbocycles. The van der Waals surface area contributed by atoms with Crippen molar-refractivity contribution < 1.29 is 17.2 Å². The second kappa shape index (κ2) is 6.39. The van der Waals surface area contributed by atoms with E-state index >= 15 is 0 Å². The zero-order chi connectivity index (χ0) is 16.6. The molecule has 1 aliphatic rings. The van der Waals surface area contributed by atoms with E-state index in [1.807, 2.05) is 6.07 Å². The van der Waals surface area contributed by atoms with Gasteiger partial charge in [0.15, 0.2) is 11.6 Å². The number of sulfonamides is 1. The predicted molar refractivity (Wildman–Crippen MR) is 86.2 cm³/mol. The van der Waals surface area contributed by atoms with Crippen LogP contribution in [0.15, 0.2) is 46.2 Å². The fraction of sp³-hybridized carbons (Fsp3) is 0.200. The van der Waals surface area contributed by atoms with E-state index in [-0.39, 0.29) is 4.90 Å². The predicted octanol–water partition coefficient (Wildman–Crippen LogP) is 4.13. The summed E-state index contributed by atoms with van der Waals surface area (Å²) in [7, 11) is -3.96. The van der Waals surface area contributed by atoms with Crippen molar-refractivity contribution in [3.63, 3.8) is 0 Å². The van der Waals surface area contributed by atoms with Crippen molar-refractivity contribution in [1.29, 1.82) is 0 Å². The van der Waals surface area contributed by atoms with Crippen molar-refractivity contribution in [2.75, 3.05) is 5.75 Å². The molecule has 3 nitrogen and oxygen atoms in total. The van der Waals surface area contributed by atoms with Crippen LogP contribution in [0.3, 0.4) is 0 Å². The number of nitrogens with one attached hydrogen (secondary N) is 1. The molecule has 0 radical (unpaired) electrons. The third kappa shape index (κ3) is 3.52. The topological polar surface area (TPSA) is 46.2 Å². The van der Waals surface area contributed by atoms with Crippen LogP contribution in [0.5, 0.6) is 0 Å². The lowest BCUT2D eigenvalue weighted by molar-refractivity contribution is 0.503. The second-order valence-corrected chi connectivity index (χ2v) is 8.36. The molecule has 1 heterocycles. The van der Waals surface area contributed by atoms with Crippen LogP contribution in [0.25, 0.3) is 0 Å². The van der Waals surface area contributed by atoms with Crippen molar-refractivity contribution in [3.8, 4) is 0 Å². The van der Waals surface area contributed by atoms with Crippen LogP contribution in [0.2, 0.25) is 5.02 Å². The maximum absolute atomic E-state index is 13.3. The van der Waals surface area contributed by atoms with E-state index in [2.05, 4.69) is 4.72 Å². The molecule has 2 aromatic rings. The Labute approximate surface area is 142 Å². The molecule has 1 atom stereocenters. The Morgan fingerprint density at radius 2 is 1.91 bits per heavy atom. The fourth-order valence-electron chi connectivity index (χ4n) is 2.39. The Hall–Kier alpha value is -1.15. The minimum Gasteiger partial charge on any atom is -0.207 e. The minimum absolute atomic E-state index is 0.307. The molecule has 0 amide bonds. The van der Waals surface area contributed by atoms with Crippen molar-refractivity contribution in [3.05, 3.63) is 58.6 Å². The Kier molecular flexibility index (Phi) is 4.64. The Balaban J connectivity index is 1.93. The molecule has 0 spiro atoms. The highest BCUT2D eigenvalue weighted by Crippen LogP contribution is 2.38. The first-order chi connectivity index (χ1) is 10.9. The van der Waals surface area contributed by atoms with Gasteiger partial charge in [-0.1, -0.05) is 11.6 Å². The summed E-state index contributed by atoms with van der Waals surface area (Å²) < 4.78 is 53.7. The molecule has 0 aliphatic carbocycles. The number of rotatable bonds is 3. The van der Waals surface area contributed by atoms with Gasteiger partial charge in [-0.3, -0.25) is 0 Å². The lowest BCUT2D eigenvalue weighted by Crippen LogP contribution is -2.30. The summed E-state index contributed by atoms with van der Waals surface area (Å²) >= 11 is 7.61. The fourth-order valence-corrected chi connectivity index (χ4v) is 4.93. The standard InChI is InChI=1S/C15H12ClF2NO2S2/c16-9-1-4-15-11(7-9)14(5-6-22-15)19-23(20,21)10-2-3-12(17)13(18)8-10/h1-4,7-8,14,19H,5-6H2/t14-/m1/s1. The van der Waals surface area contributed by atoms with E-state index in [0.717, 1.165) is 28.3 Å². The van der Waals surface area contributed by atoms with Crippen LogP contribution >= 0.6 is 23.4 Å². The van der Waals surface area contributed by atoms with Crippen LogP contribution < -0.4 is 4.72 Å². The van der Waals surface area contributed by atoms with E-state index in [0.29, 0.717) is 17.5 Å². The molecule has 1 aliphatic heterocycles. The molecule has 0 unspecified atom stereocenters. The summed E-state index contributed by atoms with van der Waals surface area (Å²) in [5.74, 6) is -1.54. The van der Waals surface area contributed by atoms with Gasteiger partial charge in [0.2, 0.25) is 10.0 Å². The van der Waals surface area contributed by atoms with Gasteiger partial charge in [0, 0.05) is 16.0 Å². The van der Waals surface area contributed by atoms with Gasteiger partial charge in [-0.05, 0) is 54.1 Å². The first kappa shape index (κ1) is 16.7. The zero-order valence-corrected chi connectivity index (χ0v) is 14.1. The van der Waals surface area contributed by atoms with Crippen LogP contribution in [0, 0.1) is 11.6 Å². The van der Waals surface area contributed by atoms with E-state index in [4.69, 9.17) is 11.6 Å². The van der Waals surface area contributed by atoms with Crippen molar-refractivity contribution in [2.45, 2.75) is 22.3 Å². The Bertz CT molecular complexity index is 859. The van der Waals surface area contributed by atoms with Crippen molar-refractivity contribution >= 4 is 33.4 Å². The van der Waals surface area contributed by atoms with E-state index in [1.165, 1.54) is 0 Å². The molecule has 1 N–H and O–H groups in total. The number of halogens is 3. The average Bonchev–Trinajstić information content (AvgIpc) is 2.50. The maximum Gasteiger partial charge on any atom is 0.241 e. The Morgan fingerprint density at radius 1 is 1.13 bits per heavy atom. The van der Waals surface area contributed by atoms with Gasteiger partial charge in [0.05, 0.1) is 4.90 Å². The maximum atomic E-state index is 13.3. The second-order valence-electron chi connectivity index (χ2n) is 5.07. The highest BCUT2D eigenvalue weighted by atomic mass is 35.5. The van der Waals surface area contributed by atoms with Gasteiger partial charge in [0.1, 0.15) is 0 Å². The molecule has 3 rings (SSSR count). The van der Waals surface area contributed by atoms with Crippen molar-refractivity contribution in [1.82, 2.24) is 4.72 Å². The lowest BCUT2D eigenvalue weighted by atomic mass is 10.1. The van der Waals surface area contributed by atoms with E-state index in [9.17, 15) is 17.2 Å². The molecule has 0 bridgehead atoms. The van der Waals surface area contributed by atoms with Gasteiger partial charge >= 0.3 is 0 Å². The largest absolute Gasteiger partial charge is 0.241 e. The quantitative estimate of drug-likeness (QED) is 0.877. The number of fused-ring (bicyclic) bond motifs is 1. The van der Waals surface area contributed by atoms with E-state index < -0.39 is 27.7 Å². The SMILES string of the molecule is O=S(=O)(N[C@@H]1CCSc2ccc(Cl)cc21)c1ccc(F)c(F)c1. The summed E-state index contributed by atoms with van der Waals surface area (Å²) in [5, 5.41) is 0.517. The molecule has 23 heavy (non-hydrogen) atoms. The van der Waals surface area contributed by atoms with Gasteiger partial charge in [-0.25, -0.2) is 21.9 Å². The summed E-state index contributed by atoms with van der Waals surface area (Å²) in [6.45, 7) is 0. The molecular formula is C15H12ClF2NO2S2. The Morgan fingerprint density at radius 3 is 2.65 bits per heavy atom. The van der Waals surface area contributed by atoms with Crippen LogP contribution in [0.4, 0.5) is 8.78 Å². The van der Waals surface area contributed by atoms with Gasteiger partial charge in [-0.15, -0.1) is 11.8 Å². The van der Waals surface area contributed by atoms with Crippen LogP contribution in [-0.2, 0) is 10.0 Å². The number of thioether (sulfide) groups is 1. The normalized spacial score (nSPS) is 17.8. The summed E-state index contributed by atoms with van der Waals surface area (Å²) in [6, 6.07) is 7.38. The monoisotopic (exact) mass is 375 g/mol. The molecular weight excluding hydrogens is 364 g/mol. The molecule has 0 saturated carbocycles. The smallest absolute Gasteiger partial charge is 0.207 e. The van der Waals surface area contributed by atoms with Crippen LogP contribution in [-0.4, -0.2) is 14.2 Å². The first-order valence-electron chi connectivity index (χ1n) is 6.76. The molecule has 0 aromatic heterocycles. The van der Waals surface area contributed by atoms with Gasteiger partial charge in [-0.2, -0.15) is 0 Å². The first-order valence-corrected chi connectivity index (χ1v) is 9.61. The lowest BCUT2D eigenvalue weighted by Gasteiger charge is -2.26. The molecule has 122 valence electrons. The summed E-state index contributed by atoms with van der Waals surface area (Å²) in [6.07, 6.45) is 0.584.